The highest BCUT2D eigenvalue weighted by Gasteiger charge is 2.65. The lowest BCUT2D eigenvalue weighted by molar-refractivity contribution is -0.263. The maximum Gasteiger partial charge on any atom is 0.413 e. The number of oxime groups is 1. The van der Waals surface area contributed by atoms with Crippen molar-refractivity contribution in [1.82, 2.24) is 20.3 Å². The molecule has 1 unspecified atom stereocenters. The van der Waals surface area contributed by atoms with Crippen molar-refractivity contribution in [2.24, 2.45) is 5.16 Å². The van der Waals surface area contributed by atoms with Gasteiger partial charge in [-0.2, -0.15) is 5.06 Å². The summed E-state index contributed by atoms with van der Waals surface area (Å²) in [6.45, 7) is 14.3. The lowest BCUT2D eigenvalue weighted by atomic mass is 9.94. The fourth-order valence-electron chi connectivity index (χ4n) is 8.96. The Hall–Kier alpha value is -7.63. The highest BCUT2D eigenvalue weighted by atomic mass is 32.1. The zero-order valence-corrected chi connectivity index (χ0v) is 44.2. The number of ether oxygens (including phenoxy) is 7. The molecular weight excluding hydrogens is 1010 g/mol. The Bertz CT molecular complexity index is 2950. The number of rotatable bonds is 12. The van der Waals surface area contributed by atoms with Gasteiger partial charge in [-0.05, 0) is 80.0 Å². The first-order valence-corrected chi connectivity index (χ1v) is 25.4. The normalized spacial score (nSPS) is 21.9. The molecule has 22 nitrogen and oxygen atoms in total. The molecule has 4 amide bonds. The summed E-state index contributed by atoms with van der Waals surface area (Å²) < 4.78 is 41.4. The number of hydroxylamine groups is 2. The van der Waals surface area contributed by atoms with Crippen LogP contribution in [0, 0.1) is 0 Å². The van der Waals surface area contributed by atoms with E-state index in [1.807, 2.05) is 60.7 Å². The van der Waals surface area contributed by atoms with Crippen LogP contribution in [0.2, 0.25) is 0 Å². The van der Waals surface area contributed by atoms with Crippen molar-refractivity contribution < 1.29 is 76.4 Å². The number of hydrogen-bond acceptors (Lipinski definition) is 19. The maximum atomic E-state index is 14.6. The molecule has 0 aliphatic carbocycles. The van der Waals surface area contributed by atoms with Gasteiger partial charge in [0.25, 0.3) is 17.7 Å². The van der Waals surface area contributed by atoms with Crippen LogP contribution in [0.1, 0.15) is 114 Å². The number of hydrogen-bond donors (Lipinski definition) is 2. The van der Waals surface area contributed by atoms with E-state index in [4.69, 9.17) is 42.8 Å². The molecule has 3 atom stereocenters. The SMILES string of the molecule is CC(C)(C)OC(=O)Nc1nc(/C(=N/OC2(C(=O)OC(C)(C)C)CCOCC2)C(=O)N[C@H]2CON(C3(C(=O)OC(C)(C)C)C[C@H](N4Cc5cc6c(cc5C4=O)OC(c4ccccc4)(c4ccccc4)O6)C(=O)O3)C2=O)cs1. The number of nitrogens with zero attached hydrogens (tertiary/aromatic N) is 4. The average Bonchev–Trinajstić information content (AvgIpc) is 4.18. The van der Waals surface area contributed by atoms with E-state index in [0.717, 1.165) is 11.3 Å². The molecule has 23 heteroatoms. The highest BCUT2D eigenvalue weighted by molar-refractivity contribution is 7.14. The van der Waals surface area contributed by atoms with Crippen molar-refractivity contribution in [3.8, 4) is 11.5 Å². The molecule has 9 rings (SSSR count). The quantitative estimate of drug-likeness (QED) is 0.0709. The lowest BCUT2D eigenvalue weighted by Gasteiger charge is -2.35. The smallest absolute Gasteiger partial charge is 0.413 e. The molecule has 1 aromatic heterocycles. The molecule has 3 saturated heterocycles. The standard InChI is InChI=1S/C53H58N6O16S/c1-48(2,3)72-44(64)51(20-22-67-23-21-51)75-57-39(35-29-76-46(55-35)56-47(66)74-50(7,8)9)40(60)54-34-28-68-59(42(34)62)52(45(65)73-49(4,5)6)26-36(43(63)71-52)58-27-30-24-37-38(25-33(30)41(58)61)70-53(69-37,31-16-12-10-13-17-31)32-18-14-11-15-19-32/h10-19,24-25,29,34,36H,20-23,26-28H2,1-9H3,(H,54,60)(H,55,56,66)/b57-39-/t34-,36-,52?/m0/s1. The van der Waals surface area contributed by atoms with Crippen molar-refractivity contribution in [1.29, 1.82) is 0 Å². The number of aromatic nitrogens is 1. The van der Waals surface area contributed by atoms with Gasteiger partial charge >= 0.3 is 35.5 Å². The monoisotopic (exact) mass is 1070 g/mol. The number of esters is 3. The van der Waals surface area contributed by atoms with Crippen molar-refractivity contribution in [2.45, 2.75) is 134 Å². The average molecular weight is 1070 g/mol. The lowest BCUT2D eigenvalue weighted by Crippen LogP contribution is -2.59. The van der Waals surface area contributed by atoms with Gasteiger partial charge in [0.05, 0.1) is 19.6 Å². The van der Waals surface area contributed by atoms with Gasteiger partial charge in [-0.25, -0.2) is 24.2 Å². The summed E-state index contributed by atoms with van der Waals surface area (Å²) in [4.78, 5) is 116. The minimum absolute atomic E-state index is 0.000441. The molecule has 5 aliphatic rings. The van der Waals surface area contributed by atoms with Crippen molar-refractivity contribution in [3.05, 3.63) is 106 Å². The van der Waals surface area contributed by atoms with E-state index in [1.165, 1.54) is 10.3 Å². The summed E-state index contributed by atoms with van der Waals surface area (Å²) in [5, 5.41) is 11.1. The summed E-state index contributed by atoms with van der Waals surface area (Å²) in [5.41, 5.74) is -5.82. The maximum absolute atomic E-state index is 14.6. The van der Waals surface area contributed by atoms with E-state index < -0.39 is 106 Å². The Labute approximate surface area is 441 Å². The molecule has 3 fully saturated rings. The summed E-state index contributed by atoms with van der Waals surface area (Å²) in [7, 11) is 0. The van der Waals surface area contributed by atoms with Crippen molar-refractivity contribution in [3.63, 3.8) is 0 Å². The summed E-state index contributed by atoms with van der Waals surface area (Å²) >= 11 is 0.911. The fourth-order valence-corrected chi connectivity index (χ4v) is 9.64. The second-order valence-corrected chi connectivity index (χ2v) is 22.5. The van der Waals surface area contributed by atoms with Crippen molar-refractivity contribution >= 4 is 63.9 Å². The molecule has 4 aromatic rings. The molecule has 0 bridgehead atoms. The second-order valence-electron chi connectivity index (χ2n) is 21.6. The molecule has 0 spiro atoms. The third kappa shape index (κ3) is 10.6. The van der Waals surface area contributed by atoms with Crippen LogP contribution in [0.15, 0.2) is 83.3 Å². The van der Waals surface area contributed by atoms with E-state index in [0.29, 0.717) is 27.5 Å². The molecule has 0 radical (unpaired) electrons. The minimum atomic E-state index is -2.60. The summed E-state index contributed by atoms with van der Waals surface area (Å²) in [6, 6.07) is 18.9. The number of fused-ring (bicyclic) bond motifs is 2. The summed E-state index contributed by atoms with van der Waals surface area (Å²) in [6.07, 6.45) is -1.46. The Morgan fingerprint density at radius 1 is 0.776 bits per heavy atom. The van der Waals surface area contributed by atoms with Crippen LogP contribution in [-0.4, -0.2) is 122 Å². The first-order chi connectivity index (χ1) is 35.8. The fraction of sp³-hybridized carbons (Fsp3) is 0.453. The first-order valence-electron chi connectivity index (χ1n) is 24.5. The molecule has 5 aliphatic heterocycles. The van der Waals surface area contributed by atoms with Crippen molar-refractivity contribution in [2.75, 3.05) is 25.1 Å². The Kier molecular flexibility index (Phi) is 13.9. The second kappa shape index (κ2) is 19.8. The van der Waals surface area contributed by atoms with Gasteiger partial charge in [0.15, 0.2) is 22.3 Å². The van der Waals surface area contributed by atoms with E-state index >= 15 is 0 Å². The third-order valence-electron chi connectivity index (χ3n) is 12.4. The molecule has 0 saturated carbocycles. The highest BCUT2D eigenvalue weighted by Crippen LogP contribution is 2.50. The van der Waals surface area contributed by atoms with Gasteiger partial charge in [0.2, 0.25) is 5.60 Å². The molecule has 2 N–H and O–H groups in total. The number of thiazole rings is 1. The number of carbonyl (C=O) groups is 7. The number of cyclic esters (lactones) is 1. The molecule has 402 valence electrons. The van der Waals surface area contributed by atoms with Gasteiger partial charge in [0.1, 0.15) is 41.2 Å². The zero-order chi connectivity index (χ0) is 54.6. The predicted molar refractivity (Wildman–Crippen MR) is 267 cm³/mol. The summed E-state index contributed by atoms with van der Waals surface area (Å²) in [5.74, 6) is -6.43. The Balaban J connectivity index is 0.970. The van der Waals surface area contributed by atoms with Crippen LogP contribution in [0.5, 0.6) is 11.5 Å². The van der Waals surface area contributed by atoms with E-state index in [2.05, 4.69) is 20.8 Å². The van der Waals surface area contributed by atoms with E-state index in [9.17, 15) is 33.6 Å². The molecule has 76 heavy (non-hydrogen) atoms. The molecule has 3 aromatic carbocycles. The first kappa shape index (κ1) is 53.2. The zero-order valence-electron chi connectivity index (χ0n) is 43.3. The van der Waals surface area contributed by atoms with E-state index in [-0.39, 0.29) is 54.7 Å². The van der Waals surface area contributed by atoms with Crippen LogP contribution in [0.3, 0.4) is 0 Å². The number of anilines is 1. The van der Waals surface area contributed by atoms with Crippen LogP contribution in [0.25, 0.3) is 0 Å². The van der Waals surface area contributed by atoms with Gasteiger partial charge in [-0.15, -0.1) is 11.3 Å². The number of carbonyl (C=O) groups excluding carboxylic acids is 7. The van der Waals surface area contributed by atoms with Gasteiger partial charge in [0, 0.05) is 41.5 Å². The predicted octanol–water partition coefficient (Wildman–Crippen LogP) is 6.04. The van der Waals surface area contributed by atoms with E-state index in [1.54, 1.807) is 74.4 Å². The number of amides is 4. The Morgan fingerprint density at radius 2 is 1.37 bits per heavy atom. The molecule has 6 heterocycles. The van der Waals surface area contributed by atoms with Gasteiger partial charge in [-0.1, -0.05) is 65.8 Å². The largest absolute Gasteiger partial charge is 0.457 e. The number of nitrogens with one attached hydrogen (secondary N) is 2. The van der Waals surface area contributed by atoms with Crippen LogP contribution in [-0.2, 0) is 69.7 Å². The van der Waals surface area contributed by atoms with Gasteiger partial charge in [-0.3, -0.25) is 24.5 Å². The van der Waals surface area contributed by atoms with Crippen LogP contribution >= 0.6 is 11.3 Å². The van der Waals surface area contributed by atoms with Crippen LogP contribution < -0.4 is 20.1 Å². The molecular formula is C53H58N6O16S. The topological polar surface area (TPSA) is 258 Å². The minimum Gasteiger partial charge on any atom is -0.457 e. The Morgan fingerprint density at radius 3 is 1.97 bits per heavy atom. The number of benzene rings is 3. The third-order valence-corrected chi connectivity index (χ3v) is 13.1. The van der Waals surface area contributed by atoms with Crippen LogP contribution in [0.4, 0.5) is 9.93 Å². The van der Waals surface area contributed by atoms with Gasteiger partial charge < -0.3 is 48.2 Å².